The number of carbonyl (C=O) groups excluding carboxylic acids is 1. The minimum Gasteiger partial charge on any atom is -0.497 e. The number of carbonyl (C=O) groups is 1. The van der Waals surface area contributed by atoms with Crippen LogP contribution in [0, 0.1) is 0 Å². The third-order valence-corrected chi connectivity index (χ3v) is 3.70. The molecule has 1 atom stereocenters. The van der Waals surface area contributed by atoms with Gasteiger partial charge in [0.05, 0.1) is 20.3 Å². The number of methoxy groups -OCH3 is 1. The van der Waals surface area contributed by atoms with Crippen molar-refractivity contribution in [2.75, 3.05) is 31.8 Å². The Morgan fingerprint density at radius 3 is 2.52 bits per heavy atom. The van der Waals surface area contributed by atoms with E-state index in [1.54, 1.807) is 25.8 Å². The van der Waals surface area contributed by atoms with E-state index in [9.17, 15) is 4.79 Å². The fourth-order valence-electron chi connectivity index (χ4n) is 1.57. The van der Waals surface area contributed by atoms with Gasteiger partial charge in [-0.3, -0.25) is 4.79 Å². The lowest BCUT2D eigenvalue weighted by molar-refractivity contribution is -0.144. The topological polar surface area (TPSA) is 70.8 Å². The smallest absolute Gasteiger partial charge is 0.322 e. The monoisotopic (exact) mass is 313 g/mol. The summed E-state index contributed by atoms with van der Waals surface area (Å²) in [7, 11) is 1.63. The summed E-state index contributed by atoms with van der Waals surface area (Å²) in [6.45, 7) is 2.76. The van der Waals surface area contributed by atoms with E-state index in [1.807, 2.05) is 24.3 Å². The number of rotatable bonds is 10. The highest BCUT2D eigenvalue weighted by molar-refractivity contribution is 7.99. The standard InChI is InChI=1S/C15H23NO4S/c1-3-19-15(17)14(16)8-10-21-11-9-20-13-6-4-12(18-2)5-7-13/h4-7,14H,3,8-11,16H2,1-2H3. The molecule has 21 heavy (non-hydrogen) atoms. The van der Waals surface area contributed by atoms with Crippen LogP contribution in [0.2, 0.25) is 0 Å². The van der Waals surface area contributed by atoms with E-state index >= 15 is 0 Å². The van der Waals surface area contributed by atoms with Gasteiger partial charge in [-0.1, -0.05) is 0 Å². The van der Waals surface area contributed by atoms with E-state index in [1.165, 1.54) is 0 Å². The van der Waals surface area contributed by atoms with Gasteiger partial charge in [0, 0.05) is 5.75 Å². The van der Waals surface area contributed by atoms with Crippen molar-refractivity contribution in [2.24, 2.45) is 5.73 Å². The van der Waals surface area contributed by atoms with Crippen LogP contribution in [-0.2, 0) is 9.53 Å². The first-order chi connectivity index (χ1) is 10.2. The van der Waals surface area contributed by atoms with Crippen LogP contribution in [0.5, 0.6) is 11.5 Å². The van der Waals surface area contributed by atoms with Crippen LogP contribution in [0.4, 0.5) is 0 Å². The fraction of sp³-hybridized carbons (Fsp3) is 0.533. The van der Waals surface area contributed by atoms with Crippen LogP contribution in [0.1, 0.15) is 13.3 Å². The highest BCUT2D eigenvalue weighted by atomic mass is 32.2. The average molecular weight is 313 g/mol. The summed E-state index contributed by atoms with van der Waals surface area (Å²) < 4.78 is 15.5. The molecular formula is C15H23NO4S. The molecule has 0 aliphatic rings. The first-order valence-electron chi connectivity index (χ1n) is 6.94. The Bertz CT molecular complexity index is 411. The van der Waals surface area contributed by atoms with Gasteiger partial charge in [-0.25, -0.2) is 0 Å². The maximum absolute atomic E-state index is 11.3. The first-order valence-corrected chi connectivity index (χ1v) is 8.09. The Morgan fingerprint density at radius 1 is 1.24 bits per heavy atom. The molecule has 0 heterocycles. The molecule has 0 saturated carbocycles. The number of benzene rings is 1. The lowest BCUT2D eigenvalue weighted by Crippen LogP contribution is -2.32. The normalized spacial score (nSPS) is 11.8. The number of hydrogen-bond acceptors (Lipinski definition) is 6. The van der Waals surface area contributed by atoms with Gasteiger partial charge in [0.2, 0.25) is 0 Å². The number of esters is 1. The zero-order chi connectivity index (χ0) is 15.5. The number of hydrogen-bond donors (Lipinski definition) is 1. The molecule has 0 aliphatic heterocycles. The second-order valence-corrected chi connectivity index (χ2v) is 5.51. The lowest BCUT2D eigenvalue weighted by Gasteiger charge is -2.10. The van der Waals surface area contributed by atoms with Crippen LogP contribution in [-0.4, -0.2) is 43.8 Å². The van der Waals surface area contributed by atoms with Crippen LogP contribution in [0.25, 0.3) is 0 Å². The third-order valence-electron chi connectivity index (χ3n) is 2.72. The largest absolute Gasteiger partial charge is 0.497 e. The quantitative estimate of drug-likeness (QED) is 0.527. The molecular weight excluding hydrogens is 290 g/mol. The average Bonchev–Trinajstić information content (AvgIpc) is 2.51. The van der Waals surface area contributed by atoms with Gasteiger partial charge in [0.1, 0.15) is 17.5 Å². The molecule has 0 bridgehead atoms. The van der Waals surface area contributed by atoms with Crippen molar-refractivity contribution >= 4 is 17.7 Å². The van der Waals surface area contributed by atoms with Crippen molar-refractivity contribution in [1.82, 2.24) is 0 Å². The van der Waals surface area contributed by atoms with Crippen LogP contribution in [0.3, 0.4) is 0 Å². The Hall–Kier alpha value is -1.40. The first kappa shape index (κ1) is 17.7. The molecule has 1 rings (SSSR count). The van der Waals surface area contributed by atoms with Crippen molar-refractivity contribution in [3.63, 3.8) is 0 Å². The summed E-state index contributed by atoms with van der Waals surface area (Å²) in [4.78, 5) is 11.3. The van der Waals surface area contributed by atoms with Crippen LogP contribution >= 0.6 is 11.8 Å². The van der Waals surface area contributed by atoms with E-state index in [4.69, 9.17) is 19.9 Å². The Morgan fingerprint density at radius 2 is 1.90 bits per heavy atom. The zero-order valence-corrected chi connectivity index (χ0v) is 13.4. The molecule has 2 N–H and O–H groups in total. The molecule has 0 spiro atoms. The minimum atomic E-state index is -0.528. The molecule has 0 aliphatic carbocycles. The van der Waals surface area contributed by atoms with Gasteiger partial charge in [0.15, 0.2) is 0 Å². The summed E-state index contributed by atoms with van der Waals surface area (Å²) in [5, 5.41) is 0. The van der Waals surface area contributed by atoms with E-state index in [2.05, 4.69) is 0 Å². The fourth-order valence-corrected chi connectivity index (χ4v) is 2.40. The van der Waals surface area contributed by atoms with Gasteiger partial charge >= 0.3 is 5.97 Å². The van der Waals surface area contributed by atoms with Crippen molar-refractivity contribution in [2.45, 2.75) is 19.4 Å². The summed E-state index contributed by atoms with van der Waals surface area (Å²) in [6, 6.07) is 6.95. The van der Waals surface area contributed by atoms with E-state index in [-0.39, 0.29) is 5.97 Å². The molecule has 5 nitrogen and oxygen atoms in total. The second-order valence-electron chi connectivity index (χ2n) is 4.28. The highest BCUT2D eigenvalue weighted by Gasteiger charge is 2.13. The van der Waals surface area contributed by atoms with Gasteiger partial charge < -0.3 is 19.9 Å². The molecule has 0 aromatic heterocycles. The lowest BCUT2D eigenvalue weighted by atomic mass is 10.2. The molecule has 0 radical (unpaired) electrons. The van der Waals surface area contributed by atoms with Crippen LogP contribution < -0.4 is 15.2 Å². The molecule has 118 valence electrons. The molecule has 6 heteroatoms. The molecule has 0 amide bonds. The predicted octanol–water partition coefficient (Wildman–Crippen LogP) is 2.09. The summed E-state index contributed by atoms with van der Waals surface area (Å²) in [5.74, 6) is 2.96. The third kappa shape index (κ3) is 7.24. The molecule has 1 aromatic carbocycles. The van der Waals surface area contributed by atoms with Crippen molar-refractivity contribution in [3.05, 3.63) is 24.3 Å². The van der Waals surface area contributed by atoms with Crippen molar-refractivity contribution < 1.29 is 19.0 Å². The highest BCUT2D eigenvalue weighted by Crippen LogP contribution is 2.17. The number of thioether (sulfide) groups is 1. The molecule has 1 aromatic rings. The van der Waals surface area contributed by atoms with Crippen molar-refractivity contribution in [1.29, 1.82) is 0 Å². The van der Waals surface area contributed by atoms with E-state index < -0.39 is 6.04 Å². The maximum atomic E-state index is 11.3. The molecule has 0 fully saturated rings. The number of nitrogens with two attached hydrogens (primary N) is 1. The SMILES string of the molecule is CCOC(=O)C(N)CCSCCOc1ccc(OC)cc1. The Labute approximate surface area is 130 Å². The zero-order valence-electron chi connectivity index (χ0n) is 12.5. The maximum Gasteiger partial charge on any atom is 0.322 e. The van der Waals surface area contributed by atoms with E-state index in [0.717, 1.165) is 23.0 Å². The Kier molecular flexibility index (Phi) is 8.69. The van der Waals surface area contributed by atoms with Gasteiger partial charge in [-0.2, -0.15) is 11.8 Å². The van der Waals surface area contributed by atoms with Crippen LogP contribution in [0.15, 0.2) is 24.3 Å². The Balaban J connectivity index is 2.07. The van der Waals surface area contributed by atoms with E-state index in [0.29, 0.717) is 19.6 Å². The van der Waals surface area contributed by atoms with Gasteiger partial charge in [-0.15, -0.1) is 0 Å². The van der Waals surface area contributed by atoms with Gasteiger partial charge in [0.25, 0.3) is 0 Å². The summed E-state index contributed by atoms with van der Waals surface area (Å²) in [6.07, 6.45) is 0.617. The minimum absolute atomic E-state index is 0.326. The summed E-state index contributed by atoms with van der Waals surface area (Å²) >= 11 is 1.71. The molecule has 1 unspecified atom stereocenters. The van der Waals surface area contributed by atoms with Crippen molar-refractivity contribution in [3.8, 4) is 11.5 Å². The summed E-state index contributed by atoms with van der Waals surface area (Å²) in [5.41, 5.74) is 5.71. The number of ether oxygens (including phenoxy) is 3. The second kappa shape index (κ2) is 10.3. The predicted molar refractivity (Wildman–Crippen MR) is 85.0 cm³/mol. The van der Waals surface area contributed by atoms with Gasteiger partial charge in [-0.05, 0) is 43.4 Å². The molecule has 0 saturated heterocycles.